The van der Waals surface area contributed by atoms with E-state index in [-0.39, 0.29) is 23.9 Å². The highest BCUT2D eigenvalue weighted by atomic mass is 35.5. The van der Waals surface area contributed by atoms with Gasteiger partial charge in [0.1, 0.15) is 10.4 Å². The molecule has 0 bridgehead atoms. The second-order valence-electron chi connectivity index (χ2n) is 10.8. The van der Waals surface area contributed by atoms with Gasteiger partial charge in [-0.2, -0.15) is 0 Å². The van der Waals surface area contributed by atoms with Crippen molar-refractivity contribution in [1.29, 1.82) is 0 Å². The lowest BCUT2D eigenvalue weighted by Crippen LogP contribution is -2.53. The van der Waals surface area contributed by atoms with Crippen LogP contribution in [0.4, 0.5) is 0 Å². The number of benzene rings is 2. The molecule has 3 aliphatic rings. The number of aliphatic imine (C=N–C) groups is 1. The molecular formula is C29H34Cl2N4OS. The smallest absolute Gasteiger partial charge is 0.262 e. The van der Waals surface area contributed by atoms with E-state index in [0.29, 0.717) is 16.1 Å². The van der Waals surface area contributed by atoms with E-state index < -0.39 is 5.54 Å². The third-order valence-electron chi connectivity index (χ3n) is 7.59. The van der Waals surface area contributed by atoms with Crippen LogP contribution in [0.3, 0.4) is 0 Å². The number of nitrogens with zero attached hydrogens (tertiary/aromatic N) is 3. The van der Waals surface area contributed by atoms with Crippen molar-refractivity contribution in [3.63, 3.8) is 0 Å². The second kappa shape index (κ2) is 10.3. The highest BCUT2D eigenvalue weighted by molar-refractivity contribution is 8.18. The van der Waals surface area contributed by atoms with Crippen LogP contribution in [0, 0.1) is 5.92 Å². The molecular weight excluding hydrogens is 523 g/mol. The fourth-order valence-electron chi connectivity index (χ4n) is 5.47. The van der Waals surface area contributed by atoms with E-state index in [1.807, 2.05) is 29.2 Å². The Hall–Kier alpha value is -1.99. The first-order valence-corrected chi connectivity index (χ1v) is 14.5. The first kappa shape index (κ1) is 26.6. The molecule has 1 fully saturated rings. The minimum absolute atomic E-state index is 0.0950. The van der Waals surface area contributed by atoms with Gasteiger partial charge in [0.15, 0.2) is 5.17 Å². The molecule has 0 radical (unpaired) electrons. The maximum Gasteiger partial charge on any atom is 0.262 e. The minimum Gasteiger partial charge on any atom is -0.334 e. The van der Waals surface area contributed by atoms with Gasteiger partial charge < -0.3 is 15.1 Å². The summed E-state index contributed by atoms with van der Waals surface area (Å²) in [6.07, 6.45) is 1.11. The summed E-state index contributed by atoms with van der Waals surface area (Å²) in [6.45, 7) is 12.4. The van der Waals surface area contributed by atoms with Crippen molar-refractivity contribution < 1.29 is 4.79 Å². The largest absolute Gasteiger partial charge is 0.334 e. The molecule has 0 saturated carbocycles. The van der Waals surface area contributed by atoms with Crippen LogP contribution >= 0.6 is 35.0 Å². The molecule has 8 heteroatoms. The number of thioether (sulfide) groups is 1. The number of hydrogen-bond donors (Lipinski definition) is 1. The molecule has 3 heterocycles. The first-order chi connectivity index (χ1) is 17.6. The van der Waals surface area contributed by atoms with E-state index in [1.54, 1.807) is 0 Å². The number of nitrogens with one attached hydrogen (secondary N) is 1. The Kier molecular flexibility index (Phi) is 7.40. The van der Waals surface area contributed by atoms with Crippen molar-refractivity contribution in [1.82, 2.24) is 15.1 Å². The average molecular weight is 558 g/mol. The molecule has 5 nitrogen and oxygen atoms in total. The van der Waals surface area contributed by atoms with Gasteiger partial charge in [-0.25, -0.2) is 4.99 Å². The Balaban J connectivity index is 1.60. The maximum atomic E-state index is 14.1. The standard InChI is InChI=1S/C29H34Cl2N4OS/c1-17(2)24-25(27(36)34(18(3)4)16-23-14-15-32-23)37-28-33-29(5,20-8-12-22(31)13-9-20)26(35(24)28)19-6-10-21(30)11-7-19/h6-13,17-18,23,26,32H,14-16H2,1-5H3/t23-,26+,29-/m0/s1. The zero-order valence-electron chi connectivity index (χ0n) is 22.0. The van der Waals surface area contributed by atoms with Crippen LogP contribution in [0.2, 0.25) is 10.0 Å². The van der Waals surface area contributed by atoms with Crippen molar-refractivity contribution in [2.45, 2.75) is 64.7 Å². The van der Waals surface area contributed by atoms with Crippen molar-refractivity contribution in [3.05, 3.63) is 80.3 Å². The molecule has 37 heavy (non-hydrogen) atoms. The predicted octanol–water partition coefficient (Wildman–Crippen LogP) is 6.83. The van der Waals surface area contributed by atoms with E-state index >= 15 is 0 Å². The first-order valence-electron chi connectivity index (χ1n) is 13.0. The fraction of sp³-hybridized carbons (Fsp3) is 0.448. The van der Waals surface area contributed by atoms with E-state index in [1.165, 1.54) is 11.8 Å². The number of allylic oxidation sites excluding steroid dienone is 1. The van der Waals surface area contributed by atoms with Gasteiger partial charge in [-0.1, -0.05) is 61.3 Å². The van der Waals surface area contributed by atoms with Gasteiger partial charge in [0.2, 0.25) is 0 Å². The molecule has 196 valence electrons. The summed E-state index contributed by atoms with van der Waals surface area (Å²) < 4.78 is 0. The fourth-order valence-corrected chi connectivity index (χ4v) is 7.08. The molecule has 5 rings (SSSR count). The molecule has 2 aromatic rings. The number of carbonyl (C=O) groups excluding carboxylic acids is 1. The van der Waals surface area contributed by atoms with Crippen molar-refractivity contribution in [2.75, 3.05) is 13.1 Å². The summed E-state index contributed by atoms with van der Waals surface area (Å²) >= 11 is 14.0. The molecule has 0 unspecified atom stereocenters. The second-order valence-corrected chi connectivity index (χ2v) is 12.7. The van der Waals surface area contributed by atoms with Gasteiger partial charge in [-0.05, 0) is 86.8 Å². The van der Waals surface area contributed by atoms with Crippen LogP contribution in [-0.2, 0) is 10.3 Å². The molecule has 3 aliphatic heterocycles. The van der Waals surface area contributed by atoms with E-state index in [2.05, 4.69) is 69.1 Å². The molecule has 0 spiro atoms. The van der Waals surface area contributed by atoms with Gasteiger partial charge in [-0.15, -0.1) is 0 Å². The van der Waals surface area contributed by atoms with Crippen LogP contribution in [-0.4, -0.2) is 46.0 Å². The summed E-state index contributed by atoms with van der Waals surface area (Å²) in [5, 5.41) is 5.71. The summed E-state index contributed by atoms with van der Waals surface area (Å²) in [5.41, 5.74) is 2.66. The monoisotopic (exact) mass is 556 g/mol. The zero-order valence-corrected chi connectivity index (χ0v) is 24.3. The van der Waals surface area contributed by atoms with Crippen LogP contribution in [0.15, 0.2) is 64.1 Å². The lowest BCUT2D eigenvalue weighted by Gasteiger charge is -2.38. The van der Waals surface area contributed by atoms with E-state index in [0.717, 1.165) is 46.4 Å². The molecule has 1 N–H and O–H groups in total. The third kappa shape index (κ3) is 4.82. The Morgan fingerprint density at radius 1 is 1.11 bits per heavy atom. The topological polar surface area (TPSA) is 47.9 Å². The number of fused-ring (bicyclic) bond motifs is 1. The van der Waals surface area contributed by atoms with E-state index in [9.17, 15) is 4.79 Å². The lowest BCUT2D eigenvalue weighted by atomic mass is 9.81. The number of amidine groups is 1. The van der Waals surface area contributed by atoms with Crippen molar-refractivity contribution in [2.24, 2.45) is 10.9 Å². The highest BCUT2D eigenvalue weighted by Gasteiger charge is 2.53. The van der Waals surface area contributed by atoms with Crippen molar-refractivity contribution in [3.8, 4) is 0 Å². The average Bonchev–Trinajstić information content (AvgIpc) is 3.31. The number of hydrogen-bond acceptors (Lipinski definition) is 5. The van der Waals surface area contributed by atoms with Crippen LogP contribution in [0.25, 0.3) is 0 Å². The van der Waals surface area contributed by atoms with Gasteiger partial charge in [0.25, 0.3) is 5.91 Å². The zero-order chi connectivity index (χ0) is 26.5. The van der Waals surface area contributed by atoms with Gasteiger partial charge in [-0.3, -0.25) is 4.79 Å². The molecule has 1 saturated heterocycles. The number of carbonyl (C=O) groups is 1. The summed E-state index contributed by atoms with van der Waals surface area (Å²) in [5.74, 6) is 0.231. The quantitative estimate of drug-likeness (QED) is 0.405. The van der Waals surface area contributed by atoms with Crippen LogP contribution in [0.1, 0.15) is 58.2 Å². The van der Waals surface area contributed by atoms with Crippen LogP contribution < -0.4 is 5.32 Å². The maximum absolute atomic E-state index is 14.1. The summed E-state index contributed by atoms with van der Waals surface area (Å²) in [6, 6.07) is 16.3. The van der Waals surface area contributed by atoms with Gasteiger partial charge >= 0.3 is 0 Å². The highest BCUT2D eigenvalue weighted by Crippen LogP contribution is 2.56. The Morgan fingerprint density at radius 2 is 1.70 bits per heavy atom. The van der Waals surface area contributed by atoms with Gasteiger partial charge in [0.05, 0.1) is 6.04 Å². The third-order valence-corrected chi connectivity index (χ3v) is 9.16. The Labute approximate surface area is 234 Å². The molecule has 2 aromatic carbocycles. The molecule has 1 amide bonds. The normalized spacial score (nSPS) is 25.0. The van der Waals surface area contributed by atoms with Crippen LogP contribution in [0.5, 0.6) is 0 Å². The summed E-state index contributed by atoms with van der Waals surface area (Å²) in [7, 11) is 0. The minimum atomic E-state index is -0.566. The van der Waals surface area contributed by atoms with Crippen molar-refractivity contribution >= 4 is 46.0 Å². The Morgan fingerprint density at radius 3 is 2.22 bits per heavy atom. The van der Waals surface area contributed by atoms with E-state index in [4.69, 9.17) is 28.2 Å². The number of amides is 1. The molecule has 3 atom stereocenters. The van der Waals surface area contributed by atoms with Gasteiger partial charge in [0, 0.05) is 34.4 Å². The molecule has 0 aliphatic carbocycles. The SMILES string of the molecule is CC(C)C1=C(C(=O)N(C[C@@H]2CCN2)C(C)C)SC2=N[C@@](C)(c3ccc(Cl)cc3)[C@@H](c3ccc(Cl)cc3)N21. The lowest BCUT2D eigenvalue weighted by molar-refractivity contribution is -0.128. The molecule has 0 aromatic heterocycles. The summed E-state index contributed by atoms with van der Waals surface area (Å²) in [4.78, 5) is 24.5. The Bertz CT molecular complexity index is 1240. The predicted molar refractivity (Wildman–Crippen MR) is 155 cm³/mol. The number of halogens is 2. The number of rotatable bonds is 7.